The van der Waals surface area contributed by atoms with Crippen molar-refractivity contribution < 1.29 is 4.79 Å². The lowest BCUT2D eigenvalue weighted by atomic mass is 10.1. The largest absolute Gasteiger partial charge is 0.338 e. The Bertz CT molecular complexity index is 573. The van der Waals surface area contributed by atoms with Gasteiger partial charge in [-0.25, -0.2) is 0 Å². The minimum atomic E-state index is -0.00509. The Morgan fingerprint density at radius 1 is 1.33 bits per heavy atom. The van der Waals surface area contributed by atoms with E-state index in [-0.39, 0.29) is 11.9 Å². The fraction of sp³-hybridized carbons (Fsp3) is 0.308. The maximum Gasteiger partial charge on any atom is 0.253 e. The first-order valence-corrected chi connectivity index (χ1v) is 6.79. The lowest BCUT2D eigenvalue weighted by molar-refractivity contribution is 0.0758. The molecule has 0 aliphatic carbocycles. The van der Waals surface area contributed by atoms with Crippen molar-refractivity contribution in [1.82, 2.24) is 14.9 Å². The predicted molar refractivity (Wildman–Crippen MR) is 74.9 cm³/mol. The van der Waals surface area contributed by atoms with Crippen molar-refractivity contribution >= 4 is 32.9 Å². The Labute approximate surface area is 114 Å². The summed E-state index contributed by atoms with van der Waals surface area (Å²) in [4.78, 5) is 22.3. The Hall–Kier alpha value is -1.49. The number of rotatable bonds is 3. The number of aromatic nitrogens is 2. The van der Waals surface area contributed by atoms with Crippen molar-refractivity contribution in [2.75, 3.05) is 12.4 Å². The molecule has 1 heterocycles. The van der Waals surface area contributed by atoms with E-state index in [0.29, 0.717) is 5.56 Å². The fourth-order valence-electron chi connectivity index (χ4n) is 1.60. The molecule has 0 fully saturated rings. The van der Waals surface area contributed by atoms with Crippen LogP contribution in [-0.2, 0) is 0 Å². The van der Waals surface area contributed by atoms with Crippen molar-refractivity contribution in [3.63, 3.8) is 0 Å². The standard InChI is InChI=1S/C13H14BrN3O/c1-9(8-14)17(2)13(18)10-3-4-11-12(7-10)16-6-5-15-11/h3-7,9H,8H2,1-2H3. The van der Waals surface area contributed by atoms with Crippen LogP contribution in [0.3, 0.4) is 0 Å². The SMILES string of the molecule is CC(CBr)N(C)C(=O)c1ccc2nccnc2c1. The molecule has 2 rings (SSSR count). The first kappa shape index (κ1) is 13.0. The molecule has 1 atom stereocenters. The Balaban J connectivity index is 2.33. The van der Waals surface area contributed by atoms with E-state index in [0.717, 1.165) is 16.4 Å². The number of halogens is 1. The van der Waals surface area contributed by atoms with Gasteiger partial charge in [-0.05, 0) is 25.1 Å². The Morgan fingerprint density at radius 3 is 2.67 bits per heavy atom. The van der Waals surface area contributed by atoms with Crippen LogP contribution in [0.5, 0.6) is 0 Å². The number of hydrogen-bond donors (Lipinski definition) is 0. The van der Waals surface area contributed by atoms with E-state index >= 15 is 0 Å². The molecule has 4 nitrogen and oxygen atoms in total. The molecule has 1 unspecified atom stereocenters. The second-order valence-electron chi connectivity index (χ2n) is 4.18. The Morgan fingerprint density at radius 2 is 2.00 bits per heavy atom. The summed E-state index contributed by atoms with van der Waals surface area (Å²) in [5, 5.41) is 0.753. The van der Waals surface area contributed by atoms with E-state index in [2.05, 4.69) is 25.9 Å². The quantitative estimate of drug-likeness (QED) is 0.818. The number of carbonyl (C=O) groups is 1. The van der Waals surface area contributed by atoms with Gasteiger partial charge in [-0.3, -0.25) is 14.8 Å². The minimum absolute atomic E-state index is 0.00509. The highest BCUT2D eigenvalue weighted by atomic mass is 79.9. The van der Waals surface area contributed by atoms with Gasteiger partial charge < -0.3 is 4.90 Å². The molecule has 1 aromatic heterocycles. The molecule has 1 aromatic carbocycles. The normalized spacial score (nSPS) is 12.4. The molecular weight excluding hydrogens is 294 g/mol. The second kappa shape index (κ2) is 5.44. The molecule has 2 aromatic rings. The van der Waals surface area contributed by atoms with E-state index in [1.807, 2.05) is 13.0 Å². The number of hydrogen-bond acceptors (Lipinski definition) is 3. The van der Waals surface area contributed by atoms with E-state index in [1.54, 1.807) is 36.5 Å². The van der Waals surface area contributed by atoms with Gasteiger partial charge in [0.05, 0.1) is 11.0 Å². The lowest BCUT2D eigenvalue weighted by Crippen LogP contribution is -2.36. The summed E-state index contributed by atoms with van der Waals surface area (Å²) in [6, 6.07) is 5.54. The molecule has 5 heteroatoms. The highest BCUT2D eigenvalue weighted by Crippen LogP contribution is 2.14. The van der Waals surface area contributed by atoms with Crippen molar-refractivity contribution in [2.45, 2.75) is 13.0 Å². The molecule has 0 N–H and O–H groups in total. The topological polar surface area (TPSA) is 46.1 Å². The second-order valence-corrected chi connectivity index (χ2v) is 4.83. The summed E-state index contributed by atoms with van der Waals surface area (Å²) in [6.45, 7) is 1.99. The molecule has 94 valence electrons. The van der Waals surface area contributed by atoms with Gasteiger partial charge in [0, 0.05) is 36.4 Å². The molecule has 0 radical (unpaired) electrons. The van der Waals surface area contributed by atoms with Crippen LogP contribution in [0.4, 0.5) is 0 Å². The minimum Gasteiger partial charge on any atom is -0.338 e. The Kier molecular flexibility index (Phi) is 3.91. The molecule has 0 spiro atoms. The van der Waals surface area contributed by atoms with Crippen LogP contribution in [0.1, 0.15) is 17.3 Å². The zero-order valence-corrected chi connectivity index (χ0v) is 11.9. The van der Waals surface area contributed by atoms with Gasteiger partial charge in [0.25, 0.3) is 5.91 Å². The zero-order chi connectivity index (χ0) is 13.1. The molecule has 18 heavy (non-hydrogen) atoms. The van der Waals surface area contributed by atoms with Crippen LogP contribution in [0, 0.1) is 0 Å². The average molecular weight is 308 g/mol. The molecule has 0 aliphatic heterocycles. The first-order chi connectivity index (χ1) is 8.63. The monoisotopic (exact) mass is 307 g/mol. The van der Waals surface area contributed by atoms with Gasteiger partial charge >= 0.3 is 0 Å². The predicted octanol–water partition coefficient (Wildman–Crippen LogP) is 2.49. The third kappa shape index (κ3) is 2.51. The third-order valence-electron chi connectivity index (χ3n) is 2.92. The number of amides is 1. The van der Waals surface area contributed by atoms with E-state index < -0.39 is 0 Å². The number of nitrogens with zero attached hydrogens (tertiary/aromatic N) is 3. The summed E-state index contributed by atoms with van der Waals surface area (Å²) >= 11 is 3.38. The molecule has 0 aliphatic rings. The summed E-state index contributed by atoms with van der Waals surface area (Å²) in [6.07, 6.45) is 3.27. The summed E-state index contributed by atoms with van der Waals surface area (Å²) < 4.78 is 0. The summed E-state index contributed by atoms with van der Waals surface area (Å²) in [5.41, 5.74) is 2.17. The van der Waals surface area contributed by atoms with Gasteiger partial charge in [-0.15, -0.1) is 0 Å². The van der Waals surface area contributed by atoms with Crippen LogP contribution in [0.2, 0.25) is 0 Å². The average Bonchev–Trinajstić information content (AvgIpc) is 2.44. The van der Waals surface area contributed by atoms with Gasteiger partial charge in [0.1, 0.15) is 0 Å². The van der Waals surface area contributed by atoms with Crippen molar-refractivity contribution in [2.24, 2.45) is 0 Å². The molecule has 1 amide bonds. The van der Waals surface area contributed by atoms with Gasteiger partial charge in [0.15, 0.2) is 0 Å². The lowest BCUT2D eigenvalue weighted by Gasteiger charge is -2.23. The summed E-state index contributed by atoms with van der Waals surface area (Å²) in [7, 11) is 1.80. The van der Waals surface area contributed by atoms with Crippen LogP contribution < -0.4 is 0 Å². The number of carbonyl (C=O) groups excluding carboxylic acids is 1. The van der Waals surface area contributed by atoms with E-state index in [9.17, 15) is 4.79 Å². The van der Waals surface area contributed by atoms with Crippen molar-refractivity contribution in [1.29, 1.82) is 0 Å². The smallest absolute Gasteiger partial charge is 0.253 e. The van der Waals surface area contributed by atoms with Gasteiger partial charge in [-0.2, -0.15) is 0 Å². The van der Waals surface area contributed by atoms with Crippen LogP contribution >= 0.6 is 15.9 Å². The van der Waals surface area contributed by atoms with E-state index in [4.69, 9.17) is 0 Å². The molecular formula is C13H14BrN3O. The number of alkyl halides is 1. The maximum absolute atomic E-state index is 12.2. The fourth-order valence-corrected chi connectivity index (χ4v) is 2.04. The third-order valence-corrected chi connectivity index (χ3v) is 3.86. The van der Waals surface area contributed by atoms with Gasteiger partial charge in [-0.1, -0.05) is 15.9 Å². The van der Waals surface area contributed by atoms with E-state index in [1.165, 1.54) is 0 Å². The van der Waals surface area contributed by atoms with Crippen molar-refractivity contribution in [3.05, 3.63) is 36.2 Å². The zero-order valence-electron chi connectivity index (χ0n) is 10.3. The molecule has 0 saturated carbocycles. The van der Waals surface area contributed by atoms with Crippen LogP contribution in [0.15, 0.2) is 30.6 Å². The molecule has 0 bridgehead atoms. The van der Waals surface area contributed by atoms with Gasteiger partial charge in [0.2, 0.25) is 0 Å². The highest BCUT2D eigenvalue weighted by molar-refractivity contribution is 9.09. The van der Waals surface area contributed by atoms with Crippen LogP contribution in [0.25, 0.3) is 11.0 Å². The molecule has 0 saturated heterocycles. The number of benzene rings is 1. The maximum atomic E-state index is 12.2. The van der Waals surface area contributed by atoms with Crippen molar-refractivity contribution in [3.8, 4) is 0 Å². The summed E-state index contributed by atoms with van der Waals surface area (Å²) in [5.74, 6) is -0.00509. The van der Waals surface area contributed by atoms with Crippen LogP contribution in [-0.4, -0.2) is 39.2 Å². The first-order valence-electron chi connectivity index (χ1n) is 5.67. The number of fused-ring (bicyclic) bond motifs is 1. The highest BCUT2D eigenvalue weighted by Gasteiger charge is 2.16.